The Morgan fingerprint density at radius 3 is 2.44 bits per heavy atom. The van der Waals surface area contributed by atoms with E-state index in [0.717, 1.165) is 12.1 Å². The van der Waals surface area contributed by atoms with Crippen molar-refractivity contribution in [2.24, 2.45) is 0 Å². The van der Waals surface area contributed by atoms with Gasteiger partial charge >= 0.3 is 0 Å². The summed E-state index contributed by atoms with van der Waals surface area (Å²) in [5.74, 6) is -0.103. The number of rotatable bonds is 7. The van der Waals surface area contributed by atoms with E-state index in [2.05, 4.69) is 24.5 Å². The number of amides is 1. The van der Waals surface area contributed by atoms with Crippen LogP contribution in [0, 0.1) is 0 Å². The van der Waals surface area contributed by atoms with Gasteiger partial charge < -0.3 is 15.4 Å². The van der Waals surface area contributed by atoms with Gasteiger partial charge in [0.05, 0.1) is 0 Å². The van der Waals surface area contributed by atoms with E-state index in [9.17, 15) is 4.79 Å². The van der Waals surface area contributed by atoms with Crippen molar-refractivity contribution in [2.75, 3.05) is 20.2 Å². The highest BCUT2D eigenvalue weighted by Crippen LogP contribution is 2.15. The molecule has 0 spiro atoms. The summed E-state index contributed by atoms with van der Waals surface area (Å²) in [5, 5.41) is 6.10. The lowest BCUT2D eigenvalue weighted by atomic mass is 10.1. The molecule has 0 fully saturated rings. The Bertz CT molecular complexity index is 352. The van der Waals surface area contributed by atoms with Crippen molar-refractivity contribution >= 4 is 5.91 Å². The predicted octanol–water partition coefficient (Wildman–Crippen LogP) is 1.49. The first kappa shape index (κ1) is 14.7. The number of methoxy groups -OCH3 is 1. The SMILES string of the molecule is COC(C(=O)NCCNC(C)C)c1ccccc1. The average Bonchev–Trinajstić information content (AvgIpc) is 2.36. The van der Waals surface area contributed by atoms with Crippen LogP contribution in [0.4, 0.5) is 0 Å². The monoisotopic (exact) mass is 250 g/mol. The van der Waals surface area contributed by atoms with Crippen LogP contribution < -0.4 is 10.6 Å². The maximum absolute atomic E-state index is 12.0. The number of carbonyl (C=O) groups excluding carboxylic acids is 1. The summed E-state index contributed by atoms with van der Waals surface area (Å²) >= 11 is 0. The Hall–Kier alpha value is -1.39. The molecule has 100 valence electrons. The molecule has 0 saturated carbocycles. The lowest BCUT2D eigenvalue weighted by Crippen LogP contribution is -2.37. The van der Waals surface area contributed by atoms with Gasteiger partial charge in [-0.3, -0.25) is 4.79 Å². The smallest absolute Gasteiger partial charge is 0.253 e. The summed E-state index contributed by atoms with van der Waals surface area (Å²) in [6, 6.07) is 9.92. The molecule has 0 aliphatic carbocycles. The van der Waals surface area contributed by atoms with Gasteiger partial charge in [-0.15, -0.1) is 0 Å². The minimum absolute atomic E-state index is 0.103. The molecule has 1 aromatic carbocycles. The van der Waals surface area contributed by atoms with Crippen LogP contribution in [0.2, 0.25) is 0 Å². The van der Waals surface area contributed by atoms with Crippen molar-refractivity contribution < 1.29 is 9.53 Å². The highest BCUT2D eigenvalue weighted by atomic mass is 16.5. The Kier molecular flexibility index (Phi) is 6.39. The van der Waals surface area contributed by atoms with E-state index in [1.165, 1.54) is 0 Å². The number of carbonyl (C=O) groups is 1. The fourth-order valence-corrected chi connectivity index (χ4v) is 1.66. The molecule has 0 aliphatic rings. The first-order chi connectivity index (χ1) is 8.65. The quantitative estimate of drug-likeness (QED) is 0.721. The van der Waals surface area contributed by atoms with Crippen LogP contribution in [-0.2, 0) is 9.53 Å². The van der Waals surface area contributed by atoms with Gasteiger partial charge in [-0.05, 0) is 5.56 Å². The molecule has 4 heteroatoms. The summed E-state index contributed by atoms with van der Waals surface area (Å²) in [5.41, 5.74) is 0.870. The lowest BCUT2D eigenvalue weighted by Gasteiger charge is -2.16. The molecule has 1 unspecified atom stereocenters. The second kappa shape index (κ2) is 7.84. The molecular formula is C14H22N2O2. The van der Waals surface area contributed by atoms with Gasteiger partial charge in [0.1, 0.15) is 0 Å². The highest BCUT2D eigenvalue weighted by molar-refractivity contribution is 5.82. The summed E-state index contributed by atoms with van der Waals surface area (Å²) in [6.07, 6.45) is -0.537. The van der Waals surface area contributed by atoms with Crippen molar-refractivity contribution in [1.82, 2.24) is 10.6 Å². The van der Waals surface area contributed by atoms with Crippen molar-refractivity contribution in [3.63, 3.8) is 0 Å². The van der Waals surface area contributed by atoms with Crippen molar-refractivity contribution in [3.8, 4) is 0 Å². The maximum atomic E-state index is 12.0. The predicted molar refractivity (Wildman–Crippen MR) is 72.3 cm³/mol. The maximum Gasteiger partial charge on any atom is 0.253 e. The third-order valence-electron chi connectivity index (χ3n) is 2.55. The topological polar surface area (TPSA) is 50.4 Å². The van der Waals surface area contributed by atoms with E-state index in [0.29, 0.717) is 12.6 Å². The molecule has 1 rings (SSSR count). The van der Waals surface area contributed by atoms with Gasteiger partial charge in [-0.25, -0.2) is 0 Å². The van der Waals surface area contributed by atoms with Crippen molar-refractivity contribution in [1.29, 1.82) is 0 Å². The molecule has 1 amide bonds. The van der Waals surface area contributed by atoms with Gasteiger partial charge in [0.15, 0.2) is 6.10 Å². The summed E-state index contributed by atoms with van der Waals surface area (Å²) < 4.78 is 5.24. The van der Waals surface area contributed by atoms with Gasteiger partial charge in [0.25, 0.3) is 5.91 Å². The number of ether oxygens (including phenoxy) is 1. The van der Waals surface area contributed by atoms with Gasteiger partial charge in [0, 0.05) is 26.2 Å². The standard InChI is InChI=1S/C14H22N2O2/c1-11(2)15-9-10-16-14(17)13(18-3)12-7-5-4-6-8-12/h4-8,11,13,15H,9-10H2,1-3H3,(H,16,17). The van der Waals surface area contributed by atoms with Crippen LogP contribution in [0.15, 0.2) is 30.3 Å². The minimum atomic E-state index is -0.537. The van der Waals surface area contributed by atoms with Crippen LogP contribution in [0.25, 0.3) is 0 Å². The first-order valence-electron chi connectivity index (χ1n) is 6.24. The van der Waals surface area contributed by atoms with E-state index in [1.807, 2.05) is 30.3 Å². The van der Waals surface area contributed by atoms with E-state index >= 15 is 0 Å². The second-order valence-electron chi connectivity index (χ2n) is 4.43. The molecule has 0 aromatic heterocycles. The molecule has 0 radical (unpaired) electrons. The molecule has 0 bridgehead atoms. The Morgan fingerprint density at radius 2 is 1.89 bits per heavy atom. The molecule has 0 saturated heterocycles. The Balaban J connectivity index is 2.43. The fraction of sp³-hybridized carbons (Fsp3) is 0.500. The van der Waals surface area contributed by atoms with Crippen LogP contribution in [0.3, 0.4) is 0 Å². The molecule has 1 atom stereocenters. The van der Waals surface area contributed by atoms with Gasteiger partial charge in [-0.2, -0.15) is 0 Å². The lowest BCUT2D eigenvalue weighted by molar-refractivity contribution is -0.131. The molecule has 4 nitrogen and oxygen atoms in total. The summed E-state index contributed by atoms with van der Waals surface area (Å²) in [6.45, 7) is 5.51. The number of nitrogens with one attached hydrogen (secondary N) is 2. The third kappa shape index (κ3) is 4.85. The van der Waals surface area contributed by atoms with E-state index in [1.54, 1.807) is 7.11 Å². The number of hydrogen-bond donors (Lipinski definition) is 2. The second-order valence-corrected chi connectivity index (χ2v) is 4.43. The molecule has 18 heavy (non-hydrogen) atoms. The van der Waals surface area contributed by atoms with E-state index in [-0.39, 0.29) is 5.91 Å². The fourth-order valence-electron chi connectivity index (χ4n) is 1.66. The van der Waals surface area contributed by atoms with Crippen molar-refractivity contribution in [2.45, 2.75) is 26.0 Å². The van der Waals surface area contributed by atoms with Crippen LogP contribution in [-0.4, -0.2) is 32.1 Å². The Labute approximate surface area is 109 Å². The molecule has 2 N–H and O–H groups in total. The molecule has 1 aromatic rings. The van der Waals surface area contributed by atoms with Crippen LogP contribution in [0.1, 0.15) is 25.5 Å². The number of hydrogen-bond acceptors (Lipinski definition) is 3. The summed E-state index contributed by atoms with van der Waals surface area (Å²) in [4.78, 5) is 12.0. The van der Waals surface area contributed by atoms with Crippen LogP contribution in [0.5, 0.6) is 0 Å². The van der Waals surface area contributed by atoms with Gasteiger partial charge in [-0.1, -0.05) is 44.2 Å². The molecule has 0 heterocycles. The van der Waals surface area contributed by atoms with E-state index < -0.39 is 6.10 Å². The normalized spacial score (nSPS) is 12.4. The highest BCUT2D eigenvalue weighted by Gasteiger charge is 2.18. The summed E-state index contributed by atoms with van der Waals surface area (Å²) in [7, 11) is 1.55. The first-order valence-corrected chi connectivity index (χ1v) is 6.24. The third-order valence-corrected chi connectivity index (χ3v) is 2.55. The van der Waals surface area contributed by atoms with Gasteiger partial charge in [0.2, 0.25) is 0 Å². The molecular weight excluding hydrogens is 228 g/mol. The Morgan fingerprint density at radius 1 is 1.22 bits per heavy atom. The average molecular weight is 250 g/mol. The minimum Gasteiger partial charge on any atom is -0.367 e. The zero-order valence-electron chi connectivity index (χ0n) is 11.3. The largest absolute Gasteiger partial charge is 0.367 e. The zero-order chi connectivity index (χ0) is 13.4. The van der Waals surface area contributed by atoms with Crippen molar-refractivity contribution in [3.05, 3.63) is 35.9 Å². The van der Waals surface area contributed by atoms with Crippen LogP contribution >= 0.6 is 0 Å². The van der Waals surface area contributed by atoms with E-state index in [4.69, 9.17) is 4.74 Å². The number of benzene rings is 1. The molecule has 0 aliphatic heterocycles. The zero-order valence-corrected chi connectivity index (χ0v) is 11.3.